The molecule has 0 radical (unpaired) electrons. The molecule has 0 spiro atoms. The van der Waals surface area contributed by atoms with Crippen LogP contribution >= 0.6 is 27.3 Å². The molecule has 1 atom stereocenters. The van der Waals surface area contributed by atoms with Gasteiger partial charge in [0.2, 0.25) is 0 Å². The number of rotatable bonds is 6. The van der Waals surface area contributed by atoms with E-state index in [1.807, 2.05) is 18.2 Å². The van der Waals surface area contributed by atoms with Gasteiger partial charge in [0.1, 0.15) is 0 Å². The molecule has 1 amide bonds. The quantitative estimate of drug-likeness (QED) is 0.302. The number of aromatic nitrogens is 1. The van der Waals surface area contributed by atoms with Crippen molar-refractivity contribution in [1.29, 1.82) is 0 Å². The Labute approximate surface area is 213 Å². The maximum atomic E-state index is 13.6. The van der Waals surface area contributed by atoms with Crippen LogP contribution in [0.1, 0.15) is 22.0 Å². The number of carbonyl (C=O) groups excluding carboxylic acids is 2. The summed E-state index contributed by atoms with van der Waals surface area (Å²) in [6, 6.07) is 18.4. The molecular weight excluding hydrogens is 532 g/mol. The zero-order valence-electron chi connectivity index (χ0n) is 18.7. The van der Waals surface area contributed by atoms with E-state index < -0.39 is 23.5 Å². The summed E-state index contributed by atoms with van der Waals surface area (Å²) in [5.41, 5.74) is 1.62. The van der Waals surface area contributed by atoms with E-state index in [4.69, 9.17) is 9.47 Å². The fraction of sp³-hybridized carbons (Fsp3) is 0.115. The van der Waals surface area contributed by atoms with Crippen LogP contribution in [0, 0.1) is 0 Å². The van der Waals surface area contributed by atoms with Crippen LogP contribution in [0.25, 0.3) is 10.2 Å². The summed E-state index contributed by atoms with van der Waals surface area (Å²) in [5, 5.41) is 11.3. The zero-order valence-corrected chi connectivity index (χ0v) is 21.1. The van der Waals surface area contributed by atoms with Crippen molar-refractivity contribution in [3.8, 4) is 11.5 Å². The molecular formula is C26H19BrN2O5S. The Bertz CT molecular complexity index is 1500. The summed E-state index contributed by atoms with van der Waals surface area (Å²) in [6.07, 6.45) is 0. The molecule has 9 heteroatoms. The largest absolute Gasteiger partial charge is 0.503 e. The van der Waals surface area contributed by atoms with Crippen molar-refractivity contribution in [3.63, 3.8) is 0 Å². The molecule has 2 heterocycles. The molecule has 0 saturated carbocycles. The SMILES string of the molecule is COc1ccc(C2C(C(=O)c3ccccc3)=C(O)C(=O)N2c2nc3ccc(Br)cc3s2)cc1OC. The van der Waals surface area contributed by atoms with Crippen molar-refractivity contribution in [2.75, 3.05) is 19.1 Å². The van der Waals surface area contributed by atoms with Gasteiger partial charge in [-0.05, 0) is 35.9 Å². The molecule has 0 aliphatic carbocycles. The maximum absolute atomic E-state index is 13.6. The van der Waals surface area contributed by atoms with Crippen LogP contribution in [-0.2, 0) is 4.79 Å². The first-order valence-electron chi connectivity index (χ1n) is 10.6. The molecule has 35 heavy (non-hydrogen) atoms. The lowest BCUT2D eigenvalue weighted by atomic mass is 9.92. The third-order valence-electron chi connectivity index (χ3n) is 5.76. The lowest BCUT2D eigenvalue weighted by Gasteiger charge is -2.25. The van der Waals surface area contributed by atoms with Crippen LogP contribution in [-0.4, -0.2) is 36.0 Å². The lowest BCUT2D eigenvalue weighted by molar-refractivity contribution is -0.117. The average molecular weight is 551 g/mol. The minimum absolute atomic E-state index is 0.0196. The van der Waals surface area contributed by atoms with Crippen molar-refractivity contribution in [2.24, 2.45) is 0 Å². The molecule has 1 aromatic heterocycles. The van der Waals surface area contributed by atoms with Crippen molar-refractivity contribution in [3.05, 3.63) is 93.7 Å². The van der Waals surface area contributed by atoms with Gasteiger partial charge in [-0.15, -0.1) is 0 Å². The first-order chi connectivity index (χ1) is 16.9. The number of halogens is 1. The summed E-state index contributed by atoms with van der Waals surface area (Å²) in [6.45, 7) is 0. The van der Waals surface area contributed by atoms with E-state index in [9.17, 15) is 14.7 Å². The Hall–Kier alpha value is -3.69. The number of ether oxygens (including phenoxy) is 2. The predicted octanol–water partition coefficient (Wildman–Crippen LogP) is 5.86. The van der Waals surface area contributed by atoms with Crippen LogP contribution in [0.15, 0.2) is 82.5 Å². The first-order valence-corrected chi connectivity index (χ1v) is 12.2. The Kier molecular flexibility index (Phi) is 6.04. The van der Waals surface area contributed by atoms with E-state index in [0.29, 0.717) is 33.3 Å². The zero-order chi connectivity index (χ0) is 24.7. The third kappa shape index (κ3) is 3.96. The highest BCUT2D eigenvalue weighted by molar-refractivity contribution is 9.10. The predicted molar refractivity (Wildman–Crippen MR) is 138 cm³/mol. The van der Waals surface area contributed by atoms with Gasteiger partial charge in [0.15, 0.2) is 28.2 Å². The number of fused-ring (bicyclic) bond motifs is 1. The second kappa shape index (κ2) is 9.16. The van der Waals surface area contributed by atoms with Crippen LogP contribution in [0.2, 0.25) is 0 Å². The summed E-state index contributed by atoms with van der Waals surface area (Å²) in [5.74, 6) is -0.798. The molecule has 1 unspecified atom stereocenters. The highest BCUT2D eigenvalue weighted by Crippen LogP contribution is 2.45. The van der Waals surface area contributed by atoms with Gasteiger partial charge in [-0.1, -0.05) is 63.7 Å². The first kappa shape index (κ1) is 23.1. The highest BCUT2D eigenvalue weighted by atomic mass is 79.9. The van der Waals surface area contributed by atoms with E-state index in [1.165, 1.54) is 30.5 Å². The van der Waals surface area contributed by atoms with Crippen LogP contribution in [0.3, 0.4) is 0 Å². The summed E-state index contributed by atoms with van der Waals surface area (Å²) in [4.78, 5) is 33.0. The van der Waals surface area contributed by atoms with Crippen LogP contribution in [0.5, 0.6) is 11.5 Å². The second-order valence-electron chi connectivity index (χ2n) is 7.76. The van der Waals surface area contributed by atoms with E-state index >= 15 is 0 Å². The topological polar surface area (TPSA) is 89.0 Å². The van der Waals surface area contributed by atoms with Gasteiger partial charge in [-0.25, -0.2) is 4.98 Å². The Morgan fingerprint density at radius 2 is 1.77 bits per heavy atom. The van der Waals surface area contributed by atoms with E-state index in [0.717, 1.165) is 9.17 Å². The number of thiazole rings is 1. The molecule has 7 nitrogen and oxygen atoms in total. The number of benzene rings is 3. The van der Waals surface area contributed by atoms with Gasteiger partial charge in [0, 0.05) is 10.0 Å². The molecule has 1 aliphatic rings. The van der Waals surface area contributed by atoms with Gasteiger partial charge < -0.3 is 14.6 Å². The number of ketones is 1. The lowest BCUT2D eigenvalue weighted by Crippen LogP contribution is -2.31. The standard InChI is InChI=1S/C26H19BrN2O5S/c1-33-18-11-8-15(12-19(18)34-2)22-21(23(30)14-6-4-3-5-7-14)24(31)25(32)29(22)26-28-17-10-9-16(27)13-20(17)35-26/h3-13,22,31H,1-2H3. The third-order valence-corrected chi connectivity index (χ3v) is 7.27. The van der Waals surface area contributed by atoms with E-state index in [1.54, 1.807) is 48.5 Å². The number of Topliss-reactive ketones (excluding diaryl/α,β-unsaturated/α-hetero) is 1. The van der Waals surface area contributed by atoms with Gasteiger partial charge in [-0.3, -0.25) is 14.5 Å². The Morgan fingerprint density at radius 3 is 2.49 bits per heavy atom. The molecule has 1 N–H and O–H groups in total. The summed E-state index contributed by atoms with van der Waals surface area (Å²) < 4.78 is 12.6. The average Bonchev–Trinajstić information content (AvgIpc) is 3.41. The summed E-state index contributed by atoms with van der Waals surface area (Å²) >= 11 is 4.76. The number of aliphatic hydroxyl groups excluding tert-OH is 1. The molecule has 4 aromatic rings. The van der Waals surface area contributed by atoms with Crippen LogP contribution in [0.4, 0.5) is 5.13 Å². The van der Waals surface area contributed by atoms with E-state index in [2.05, 4.69) is 20.9 Å². The number of hydrogen-bond donors (Lipinski definition) is 1. The summed E-state index contributed by atoms with van der Waals surface area (Å²) in [7, 11) is 3.03. The van der Waals surface area contributed by atoms with Crippen molar-refractivity contribution in [1.82, 2.24) is 4.98 Å². The number of amides is 1. The molecule has 1 aliphatic heterocycles. The molecule has 0 fully saturated rings. The Balaban J connectivity index is 1.70. The second-order valence-corrected chi connectivity index (χ2v) is 9.68. The molecule has 176 valence electrons. The maximum Gasteiger partial charge on any atom is 0.296 e. The van der Waals surface area contributed by atoms with Gasteiger partial charge >= 0.3 is 0 Å². The number of nitrogens with zero attached hydrogens (tertiary/aromatic N) is 2. The number of methoxy groups -OCH3 is 2. The minimum Gasteiger partial charge on any atom is -0.503 e. The Morgan fingerprint density at radius 1 is 1.03 bits per heavy atom. The fourth-order valence-corrected chi connectivity index (χ4v) is 5.65. The number of aliphatic hydroxyl groups is 1. The van der Waals surface area contributed by atoms with Crippen LogP contribution < -0.4 is 14.4 Å². The number of hydrogen-bond acceptors (Lipinski definition) is 7. The minimum atomic E-state index is -0.918. The smallest absolute Gasteiger partial charge is 0.296 e. The van der Waals surface area contributed by atoms with Gasteiger partial charge in [0.05, 0.1) is 36.1 Å². The molecule has 5 rings (SSSR count). The van der Waals surface area contributed by atoms with Crippen molar-refractivity contribution in [2.45, 2.75) is 6.04 Å². The highest BCUT2D eigenvalue weighted by Gasteiger charge is 2.46. The van der Waals surface area contributed by atoms with Gasteiger partial charge in [0.25, 0.3) is 5.91 Å². The number of anilines is 1. The van der Waals surface area contributed by atoms with Gasteiger partial charge in [-0.2, -0.15) is 0 Å². The van der Waals surface area contributed by atoms with E-state index in [-0.39, 0.29) is 5.57 Å². The van der Waals surface area contributed by atoms with Crippen molar-refractivity contribution < 1.29 is 24.2 Å². The molecule has 0 bridgehead atoms. The molecule has 0 saturated heterocycles. The monoisotopic (exact) mass is 550 g/mol. The molecule has 3 aromatic carbocycles. The normalized spacial score (nSPS) is 15.7. The van der Waals surface area contributed by atoms with Crippen molar-refractivity contribution >= 4 is 54.3 Å². The fourth-order valence-electron chi connectivity index (χ4n) is 4.11. The number of carbonyl (C=O) groups is 2.